The Kier molecular flexibility index (Phi) is 5.23. The minimum Gasteiger partial charge on any atom is -0.481 e. The summed E-state index contributed by atoms with van der Waals surface area (Å²) in [6, 6.07) is -0.156. The molecule has 6 nitrogen and oxygen atoms in total. The van der Waals surface area contributed by atoms with Crippen LogP contribution in [0.5, 0.6) is 0 Å². The van der Waals surface area contributed by atoms with E-state index < -0.39 is 12.0 Å². The number of likely N-dealkylation sites (tertiary alicyclic amines) is 1. The molecule has 0 aromatic carbocycles. The van der Waals surface area contributed by atoms with Crippen molar-refractivity contribution in [1.29, 1.82) is 0 Å². The van der Waals surface area contributed by atoms with Gasteiger partial charge in [-0.1, -0.05) is 6.42 Å². The van der Waals surface area contributed by atoms with Gasteiger partial charge in [-0.05, 0) is 44.1 Å². The second-order valence-electron chi connectivity index (χ2n) is 6.18. The van der Waals surface area contributed by atoms with Gasteiger partial charge in [-0.15, -0.1) is 0 Å². The first-order valence-electron chi connectivity index (χ1n) is 7.54. The molecule has 2 fully saturated rings. The van der Waals surface area contributed by atoms with Crippen LogP contribution in [-0.4, -0.2) is 47.7 Å². The quantitative estimate of drug-likeness (QED) is 0.678. The van der Waals surface area contributed by atoms with Gasteiger partial charge in [-0.25, -0.2) is 4.79 Å². The van der Waals surface area contributed by atoms with E-state index in [1.165, 1.54) is 19.3 Å². The first-order chi connectivity index (χ1) is 9.54. The van der Waals surface area contributed by atoms with E-state index in [9.17, 15) is 9.59 Å². The van der Waals surface area contributed by atoms with Crippen molar-refractivity contribution >= 4 is 12.0 Å². The number of urea groups is 1. The molecule has 2 atom stereocenters. The highest BCUT2D eigenvalue weighted by molar-refractivity contribution is 5.72. The Bertz CT molecular complexity index is 358. The molecular weight excluding hydrogens is 258 g/mol. The summed E-state index contributed by atoms with van der Waals surface area (Å²) < 4.78 is 0. The summed E-state index contributed by atoms with van der Waals surface area (Å²) in [7, 11) is 0. The summed E-state index contributed by atoms with van der Waals surface area (Å²) in [5.41, 5.74) is 5.38. The van der Waals surface area contributed by atoms with Crippen LogP contribution in [-0.2, 0) is 4.79 Å². The van der Waals surface area contributed by atoms with Crippen molar-refractivity contribution in [2.45, 2.75) is 44.6 Å². The highest BCUT2D eigenvalue weighted by atomic mass is 16.4. The Morgan fingerprint density at radius 2 is 2.00 bits per heavy atom. The van der Waals surface area contributed by atoms with Crippen molar-refractivity contribution in [1.82, 2.24) is 10.2 Å². The second-order valence-corrected chi connectivity index (χ2v) is 6.18. The largest absolute Gasteiger partial charge is 0.481 e. The fourth-order valence-corrected chi connectivity index (χ4v) is 3.10. The van der Waals surface area contributed by atoms with Gasteiger partial charge in [0.05, 0.1) is 0 Å². The maximum Gasteiger partial charge on any atom is 0.314 e. The average molecular weight is 283 g/mol. The molecule has 1 aliphatic carbocycles. The molecule has 1 heterocycles. The molecule has 0 spiro atoms. The van der Waals surface area contributed by atoms with Crippen LogP contribution >= 0.6 is 0 Å². The monoisotopic (exact) mass is 283 g/mol. The second kappa shape index (κ2) is 6.92. The summed E-state index contributed by atoms with van der Waals surface area (Å²) in [6.07, 6.45) is 5.62. The van der Waals surface area contributed by atoms with E-state index in [2.05, 4.69) is 5.32 Å². The van der Waals surface area contributed by atoms with Crippen LogP contribution in [0.15, 0.2) is 0 Å². The van der Waals surface area contributed by atoms with E-state index in [1.807, 2.05) is 0 Å². The van der Waals surface area contributed by atoms with Crippen molar-refractivity contribution in [3.8, 4) is 0 Å². The van der Waals surface area contributed by atoms with Gasteiger partial charge < -0.3 is 21.1 Å². The lowest BCUT2D eigenvalue weighted by Gasteiger charge is -2.38. The molecule has 2 amide bonds. The lowest BCUT2D eigenvalue weighted by Crippen LogP contribution is -2.53. The first kappa shape index (κ1) is 15.1. The molecule has 2 rings (SSSR count). The van der Waals surface area contributed by atoms with Crippen LogP contribution in [0, 0.1) is 11.8 Å². The van der Waals surface area contributed by atoms with Gasteiger partial charge in [0.1, 0.15) is 0 Å². The third-order valence-electron chi connectivity index (χ3n) is 4.54. The summed E-state index contributed by atoms with van der Waals surface area (Å²) >= 11 is 0. The van der Waals surface area contributed by atoms with E-state index in [1.54, 1.807) is 4.90 Å². The van der Waals surface area contributed by atoms with Crippen molar-refractivity contribution in [2.24, 2.45) is 17.6 Å². The van der Waals surface area contributed by atoms with Gasteiger partial charge in [0.25, 0.3) is 0 Å². The molecule has 2 aliphatic rings. The van der Waals surface area contributed by atoms with Gasteiger partial charge in [0.15, 0.2) is 0 Å². The number of nitrogens with one attached hydrogen (secondary N) is 1. The number of carboxylic acid groups (broad SMARTS) is 1. The van der Waals surface area contributed by atoms with Gasteiger partial charge >= 0.3 is 12.0 Å². The van der Waals surface area contributed by atoms with Gasteiger partial charge in [-0.2, -0.15) is 0 Å². The van der Waals surface area contributed by atoms with E-state index >= 15 is 0 Å². The van der Waals surface area contributed by atoms with Crippen LogP contribution < -0.4 is 11.1 Å². The molecular formula is C14H25N3O3. The maximum atomic E-state index is 11.4. The smallest absolute Gasteiger partial charge is 0.314 e. The Labute approximate surface area is 119 Å². The Morgan fingerprint density at radius 1 is 1.25 bits per heavy atom. The first-order valence-corrected chi connectivity index (χ1v) is 7.54. The number of piperidine rings is 1. The predicted octanol–water partition coefficient (Wildman–Crippen LogP) is 1.01. The number of hydrogen-bond acceptors (Lipinski definition) is 3. The average Bonchev–Trinajstić information content (AvgIpc) is 2.34. The lowest BCUT2D eigenvalue weighted by atomic mass is 9.84. The third-order valence-corrected chi connectivity index (χ3v) is 4.54. The number of nitrogens with two attached hydrogens (primary N) is 1. The third kappa shape index (κ3) is 4.37. The Hall–Kier alpha value is -1.30. The van der Waals surface area contributed by atoms with Crippen LogP contribution in [0.1, 0.15) is 38.5 Å². The molecule has 1 aliphatic heterocycles. The minimum absolute atomic E-state index is 0.159. The van der Waals surface area contributed by atoms with Crippen molar-refractivity contribution in [3.63, 3.8) is 0 Å². The number of rotatable bonds is 6. The molecule has 1 saturated carbocycles. The number of aliphatic carboxylic acids is 1. The van der Waals surface area contributed by atoms with Crippen LogP contribution in [0.25, 0.3) is 0 Å². The van der Waals surface area contributed by atoms with E-state index in [-0.39, 0.29) is 18.4 Å². The zero-order chi connectivity index (χ0) is 14.5. The fraction of sp³-hybridized carbons (Fsp3) is 0.857. The molecule has 0 aromatic heterocycles. The van der Waals surface area contributed by atoms with E-state index in [0.717, 1.165) is 18.9 Å². The molecule has 2 unspecified atom stereocenters. The molecule has 6 heteroatoms. The standard InChI is InChI=1S/C14H25N3O3/c15-14(20)17-8-11(4-5-13(18)19)6-12(9-17)16-7-10-2-1-3-10/h10-12,16H,1-9H2,(H2,15,20)(H,18,19). The van der Waals surface area contributed by atoms with Crippen LogP contribution in [0.4, 0.5) is 4.79 Å². The fourth-order valence-electron chi connectivity index (χ4n) is 3.10. The normalized spacial score (nSPS) is 27.1. The highest BCUT2D eigenvalue weighted by Crippen LogP contribution is 2.26. The van der Waals surface area contributed by atoms with Crippen LogP contribution in [0.2, 0.25) is 0 Å². The number of nitrogens with zero attached hydrogens (tertiary/aromatic N) is 1. The van der Waals surface area contributed by atoms with Gasteiger partial charge in [0, 0.05) is 25.6 Å². The van der Waals surface area contributed by atoms with Gasteiger partial charge in [0.2, 0.25) is 0 Å². The predicted molar refractivity (Wildman–Crippen MR) is 75.3 cm³/mol. The lowest BCUT2D eigenvalue weighted by molar-refractivity contribution is -0.137. The number of primary amides is 1. The molecule has 0 radical (unpaired) electrons. The SMILES string of the molecule is NC(=O)N1CC(CCC(=O)O)CC(NCC2CCC2)C1. The molecule has 1 saturated heterocycles. The molecule has 4 N–H and O–H groups in total. The zero-order valence-corrected chi connectivity index (χ0v) is 11.9. The summed E-state index contributed by atoms with van der Waals surface area (Å²) in [4.78, 5) is 23.7. The summed E-state index contributed by atoms with van der Waals surface area (Å²) in [5, 5.41) is 12.3. The molecule has 0 bridgehead atoms. The summed E-state index contributed by atoms with van der Waals surface area (Å²) in [5.74, 6) is 0.225. The summed E-state index contributed by atoms with van der Waals surface area (Å²) in [6.45, 7) is 2.23. The molecule has 20 heavy (non-hydrogen) atoms. The highest BCUT2D eigenvalue weighted by Gasteiger charge is 2.30. The van der Waals surface area contributed by atoms with Crippen molar-refractivity contribution in [3.05, 3.63) is 0 Å². The number of carboxylic acids is 1. The number of carbonyl (C=O) groups excluding carboxylic acids is 1. The number of carbonyl (C=O) groups is 2. The molecule has 114 valence electrons. The van der Waals surface area contributed by atoms with Crippen LogP contribution in [0.3, 0.4) is 0 Å². The Morgan fingerprint density at radius 3 is 2.55 bits per heavy atom. The maximum absolute atomic E-state index is 11.4. The Balaban J connectivity index is 1.82. The van der Waals surface area contributed by atoms with Gasteiger partial charge in [-0.3, -0.25) is 4.79 Å². The minimum atomic E-state index is -0.778. The number of hydrogen-bond donors (Lipinski definition) is 3. The number of amides is 2. The molecule has 0 aromatic rings. The van der Waals surface area contributed by atoms with Crippen molar-refractivity contribution in [2.75, 3.05) is 19.6 Å². The van der Waals surface area contributed by atoms with E-state index in [0.29, 0.717) is 19.5 Å². The van der Waals surface area contributed by atoms with Crippen molar-refractivity contribution < 1.29 is 14.7 Å². The van der Waals surface area contributed by atoms with E-state index in [4.69, 9.17) is 10.8 Å². The topological polar surface area (TPSA) is 95.7 Å². The zero-order valence-electron chi connectivity index (χ0n) is 11.9.